The lowest BCUT2D eigenvalue weighted by atomic mass is 9.77. The van der Waals surface area contributed by atoms with Gasteiger partial charge in [-0.2, -0.15) is 0 Å². The van der Waals surface area contributed by atoms with Crippen LogP contribution in [0.2, 0.25) is 0 Å². The van der Waals surface area contributed by atoms with Crippen LogP contribution in [0.25, 0.3) is 0 Å². The minimum absolute atomic E-state index is 0.00174. The van der Waals surface area contributed by atoms with Crippen molar-refractivity contribution < 1.29 is 14.6 Å². The van der Waals surface area contributed by atoms with Gasteiger partial charge in [-0.05, 0) is 46.6 Å². The van der Waals surface area contributed by atoms with Crippen LogP contribution in [-0.2, 0) is 9.53 Å². The lowest BCUT2D eigenvalue weighted by molar-refractivity contribution is -0.149. The number of hydrogen-bond donors (Lipinski definition) is 2. The first-order valence-corrected chi connectivity index (χ1v) is 7.18. The summed E-state index contributed by atoms with van der Waals surface area (Å²) in [6.45, 7) is 6.74. The molecule has 1 saturated carbocycles. The van der Waals surface area contributed by atoms with Crippen molar-refractivity contribution in [1.29, 1.82) is 0 Å². The average molecular weight is 270 g/mol. The molecule has 19 heavy (non-hydrogen) atoms. The van der Waals surface area contributed by atoms with E-state index >= 15 is 0 Å². The topological polar surface area (TPSA) is 61.8 Å². The first-order valence-electron chi connectivity index (χ1n) is 7.18. The van der Waals surface area contributed by atoms with Gasteiger partial charge in [-0.1, -0.05) is 0 Å². The van der Waals surface area contributed by atoms with Crippen molar-refractivity contribution in [2.75, 3.05) is 26.8 Å². The summed E-state index contributed by atoms with van der Waals surface area (Å²) in [7, 11) is 1.76. The molecule has 1 aliphatic heterocycles. The van der Waals surface area contributed by atoms with Gasteiger partial charge in [-0.3, -0.25) is 9.69 Å². The average Bonchev–Trinajstić information content (AvgIpc) is 2.38. The van der Waals surface area contributed by atoms with Crippen LogP contribution < -0.4 is 5.32 Å². The van der Waals surface area contributed by atoms with Gasteiger partial charge in [0.05, 0.1) is 13.2 Å². The van der Waals surface area contributed by atoms with Crippen molar-refractivity contribution in [3.8, 4) is 0 Å². The number of morpholine rings is 1. The number of rotatable bonds is 3. The van der Waals surface area contributed by atoms with E-state index in [1.807, 2.05) is 0 Å². The molecule has 1 aliphatic carbocycles. The fourth-order valence-electron chi connectivity index (χ4n) is 3.59. The molecule has 2 aliphatic rings. The fourth-order valence-corrected chi connectivity index (χ4v) is 3.59. The Morgan fingerprint density at radius 2 is 2.21 bits per heavy atom. The van der Waals surface area contributed by atoms with Crippen molar-refractivity contribution in [1.82, 2.24) is 10.2 Å². The summed E-state index contributed by atoms with van der Waals surface area (Å²) < 4.78 is 5.56. The van der Waals surface area contributed by atoms with E-state index in [9.17, 15) is 9.90 Å². The van der Waals surface area contributed by atoms with Gasteiger partial charge in [0.1, 0.15) is 5.54 Å². The summed E-state index contributed by atoms with van der Waals surface area (Å²) in [4.78, 5) is 14.0. The van der Waals surface area contributed by atoms with Crippen LogP contribution in [0, 0.1) is 0 Å². The van der Waals surface area contributed by atoms with Gasteiger partial charge in [-0.15, -0.1) is 0 Å². The molecule has 2 rings (SSSR count). The Hall–Kier alpha value is -0.650. The third-order valence-corrected chi connectivity index (χ3v) is 4.76. The first kappa shape index (κ1) is 14.8. The third-order valence-electron chi connectivity index (χ3n) is 4.76. The van der Waals surface area contributed by atoms with E-state index < -0.39 is 11.5 Å². The van der Waals surface area contributed by atoms with Crippen LogP contribution in [0.15, 0.2) is 0 Å². The molecule has 2 atom stereocenters. The number of aliphatic carboxylic acids is 1. The van der Waals surface area contributed by atoms with Gasteiger partial charge in [-0.25, -0.2) is 0 Å². The summed E-state index contributed by atoms with van der Waals surface area (Å²) in [6.07, 6.45) is 3.45. The van der Waals surface area contributed by atoms with E-state index in [0.29, 0.717) is 12.5 Å². The highest BCUT2D eigenvalue weighted by Crippen LogP contribution is 2.35. The normalized spacial score (nSPS) is 36.1. The van der Waals surface area contributed by atoms with Crippen molar-refractivity contribution in [2.45, 2.75) is 56.7 Å². The van der Waals surface area contributed by atoms with Gasteiger partial charge >= 0.3 is 5.97 Å². The Bertz CT molecular complexity index is 346. The van der Waals surface area contributed by atoms with Gasteiger partial charge in [0.2, 0.25) is 0 Å². The predicted molar refractivity (Wildman–Crippen MR) is 73.3 cm³/mol. The summed E-state index contributed by atoms with van der Waals surface area (Å²) in [5, 5.41) is 12.6. The molecule has 2 N–H and O–H groups in total. The van der Waals surface area contributed by atoms with Crippen molar-refractivity contribution in [2.24, 2.45) is 0 Å². The van der Waals surface area contributed by atoms with Crippen molar-refractivity contribution >= 4 is 5.97 Å². The number of nitrogens with zero attached hydrogens (tertiary/aromatic N) is 1. The molecule has 0 radical (unpaired) electrons. The molecule has 110 valence electrons. The van der Waals surface area contributed by atoms with Crippen LogP contribution in [-0.4, -0.2) is 59.9 Å². The molecule has 1 heterocycles. The standard InChI is InChI=1S/C14H26N2O3/c1-13(2)10-19-8-7-16(13)11-5-4-6-14(9-11,15-3)12(17)18/h11,15H,4-10H2,1-3H3,(H,17,18). The highest BCUT2D eigenvalue weighted by atomic mass is 16.5. The van der Waals surface area contributed by atoms with Crippen molar-refractivity contribution in [3.05, 3.63) is 0 Å². The molecule has 0 amide bonds. The smallest absolute Gasteiger partial charge is 0.323 e. The number of likely N-dealkylation sites (N-methyl/N-ethyl adjacent to an activating group) is 1. The predicted octanol–water partition coefficient (Wildman–Crippen LogP) is 1.08. The molecule has 5 heteroatoms. The molecule has 0 bridgehead atoms. The Labute approximate surface area is 115 Å². The monoisotopic (exact) mass is 270 g/mol. The van der Waals surface area contributed by atoms with Crippen LogP contribution in [0.5, 0.6) is 0 Å². The molecule has 1 saturated heterocycles. The largest absolute Gasteiger partial charge is 0.480 e. The van der Waals surface area contributed by atoms with Gasteiger partial charge in [0.15, 0.2) is 0 Å². The number of ether oxygens (including phenoxy) is 1. The Balaban J connectivity index is 2.14. The summed E-state index contributed by atoms with van der Waals surface area (Å²) in [5.74, 6) is -0.717. The quantitative estimate of drug-likeness (QED) is 0.803. The molecule has 5 nitrogen and oxygen atoms in total. The zero-order valence-corrected chi connectivity index (χ0v) is 12.2. The highest BCUT2D eigenvalue weighted by molar-refractivity contribution is 5.79. The van der Waals surface area contributed by atoms with E-state index in [0.717, 1.165) is 39.0 Å². The Morgan fingerprint density at radius 3 is 2.79 bits per heavy atom. The second-order valence-electron chi connectivity index (χ2n) is 6.45. The number of carboxylic acid groups (broad SMARTS) is 1. The zero-order valence-electron chi connectivity index (χ0n) is 12.2. The number of carboxylic acids is 1. The zero-order chi connectivity index (χ0) is 14.1. The van der Waals surface area contributed by atoms with E-state index in [1.54, 1.807) is 7.05 Å². The van der Waals surface area contributed by atoms with Crippen LogP contribution in [0.1, 0.15) is 39.5 Å². The second kappa shape index (κ2) is 5.38. The summed E-state index contributed by atoms with van der Waals surface area (Å²) in [5.41, 5.74) is -0.754. The van der Waals surface area contributed by atoms with Crippen LogP contribution in [0.3, 0.4) is 0 Å². The molecule has 0 aromatic rings. The summed E-state index contributed by atoms with van der Waals surface area (Å²) in [6, 6.07) is 0.330. The van der Waals surface area contributed by atoms with Crippen molar-refractivity contribution in [3.63, 3.8) is 0 Å². The molecule has 2 fully saturated rings. The molecule has 2 unspecified atom stereocenters. The lowest BCUT2D eigenvalue weighted by Gasteiger charge is -2.50. The Kier molecular flexibility index (Phi) is 4.18. The SMILES string of the molecule is CNC1(C(=O)O)CCCC(N2CCOCC2(C)C)C1. The number of hydrogen-bond acceptors (Lipinski definition) is 4. The maximum absolute atomic E-state index is 11.6. The fraction of sp³-hybridized carbons (Fsp3) is 0.929. The minimum atomic E-state index is -0.753. The van der Waals surface area contributed by atoms with E-state index in [-0.39, 0.29) is 5.54 Å². The maximum Gasteiger partial charge on any atom is 0.323 e. The number of nitrogens with one attached hydrogen (secondary N) is 1. The molecule has 0 aromatic heterocycles. The molecule has 0 spiro atoms. The maximum atomic E-state index is 11.6. The van der Waals surface area contributed by atoms with Gasteiger partial charge in [0, 0.05) is 18.1 Å². The highest BCUT2D eigenvalue weighted by Gasteiger charge is 2.46. The van der Waals surface area contributed by atoms with Crippen LogP contribution >= 0.6 is 0 Å². The minimum Gasteiger partial charge on any atom is -0.480 e. The summed E-state index contributed by atoms with van der Waals surface area (Å²) >= 11 is 0. The van der Waals surface area contributed by atoms with E-state index in [1.165, 1.54) is 0 Å². The van der Waals surface area contributed by atoms with E-state index in [4.69, 9.17) is 4.74 Å². The molecular weight excluding hydrogens is 244 g/mol. The van der Waals surface area contributed by atoms with Crippen LogP contribution in [0.4, 0.5) is 0 Å². The molecule has 0 aromatic carbocycles. The lowest BCUT2D eigenvalue weighted by Crippen LogP contribution is -2.63. The third kappa shape index (κ3) is 2.78. The Morgan fingerprint density at radius 1 is 1.47 bits per heavy atom. The van der Waals surface area contributed by atoms with E-state index in [2.05, 4.69) is 24.1 Å². The number of carbonyl (C=O) groups is 1. The first-order chi connectivity index (χ1) is 8.91. The second-order valence-corrected chi connectivity index (χ2v) is 6.45. The molecular formula is C14H26N2O3. The van der Waals surface area contributed by atoms with Gasteiger partial charge < -0.3 is 15.2 Å². The van der Waals surface area contributed by atoms with Gasteiger partial charge in [0.25, 0.3) is 0 Å².